The third kappa shape index (κ3) is 7.72. The standard InChI is InChI=1S/C24H29N5O3S3/c1-14(2)26-24(33)28-18-7-5-17(6-8-18)23-25-12-21(34-23)20-10-9-19(27-16(4)31)11-22(20)35(32)29-15(3)13-30/h5-12,14-15,29-30H,13H2,1-4H3,(H,27,31)(H2,26,28,33). The lowest BCUT2D eigenvalue weighted by Crippen LogP contribution is -2.35. The number of carbonyl (C=O) groups excluding carboxylic acids is 1. The third-order valence-electron chi connectivity index (χ3n) is 4.66. The number of nitrogens with zero attached hydrogens (tertiary/aromatic N) is 1. The minimum Gasteiger partial charge on any atom is -0.593 e. The second-order valence-corrected chi connectivity index (χ2v) is 10.9. The molecule has 0 aliphatic heterocycles. The maximum absolute atomic E-state index is 13.1. The van der Waals surface area contributed by atoms with Crippen LogP contribution in [-0.4, -0.2) is 44.4 Å². The summed E-state index contributed by atoms with van der Waals surface area (Å²) in [6, 6.07) is 13.0. The number of nitrogens with one attached hydrogen (secondary N) is 4. The summed E-state index contributed by atoms with van der Waals surface area (Å²) >= 11 is 5.16. The molecule has 8 nitrogen and oxygen atoms in total. The SMILES string of the molecule is CC(=O)Nc1ccc(-c2cnc(-c3ccc(NC(=S)NC(C)C)cc3)s2)c([S+]([O-])NC(C)CO)c1. The maximum atomic E-state index is 13.1. The van der Waals surface area contributed by atoms with Crippen LogP contribution in [0.25, 0.3) is 21.0 Å². The van der Waals surface area contributed by atoms with Crippen LogP contribution in [0.2, 0.25) is 0 Å². The highest BCUT2D eigenvalue weighted by atomic mass is 32.2. The Morgan fingerprint density at radius 2 is 1.83 bits per heavy atom. The van der Waals surface area contributed by atoms with Crippen molar-refractivity contribution >= 4 is 57.3 Å². The van der Waals surface area contributed by atoms with E-state index in [1.54, 1.807) is 25.3 Å². The van der Waals surface area contributed by atoms with E-state index in [-0.39, 0.29) is 24.6 Å². The fourth-order valence-corrected chi connectivity index (χ4v) is 5.66. The Kier molecular flexibility index (Phi) is 9.61. The normalized spacial score (nSPS) is 12.8. The van der Waals surface area contributed by atoms with Gasteiger partial charge in [0, 0.05) is 42.2 Å². The molecule has 5 N–H and O–H groups in total. The molecule has 1 amide bonds. The molecule has 2 atom stereocenters. The van der Waals surface area contributed by atoms with Crippen molar-refractivity contribution in [1.29, 1.82) is 0 Å². The number of rotatable bonds is 9. The molecule has 186 valence electrons. The number of carbonyl (C=O) groups is 1. The fraction of sp³-hybridized carbons (Fsp3) is 0.292. The number of aliphatic hydroxyl groups excluding tert-OH is 1. The number of hydrogen-bond donors (Lipinski definition) is 5. The largest absolute Gasteiger partial charge is 0.593 e. The Labute approximate surface area is 217 Å². The van der Waals surface area contributed by atoms with Crippen molar-refractivity contribution < 1.29 is 14.5 Å². The third-order valence-corrected chi connectivity index (χ3v) is 7.32. The average Bonchev–Trinajstić information content (AvgIpc) is 3.28. The van der Waals surface area contributed by atoms with Crippen LogP contribution in [0.3, 0.4) is 0 Å². The second kappa shape index (κ2) is 12.4. The lowest BCUT2D eigenvalue weighted by atomic mass is 10.2. The number of anilines is 2. The molecule has 0 spiro atoms. The monoisotopic (exact) mass is 531 g/mol. The van der Waals surface area contributed by atoms with E-state index in [9.17, 15) is 14.5 Å². The molecule has 1 heterocycles. The van der Waals surface area contributed by atoms with Gasteiger partial charge >= 0.3 is 0 Å². The number of amides is 1. The van der Waals surface area contributed by atoms with Gasteiger partial charge in [-0.2, -0.15) is 0 Å². The molecule has 2 unspecified atom stereocenters. The highest BCUT2D eigenvalue weighted by Crippen LogP contribution is 2.37. The first-order valence-corrected chi connectivity index (χ1v) is 13.4. The number of thiazole rings is 1. The van der Waals surface area contributed by atoms with Crippen LogP contribution in [0.5, 0.6) is 0 Å². The Balaban J connectivity index is 1.86. The molecule has 0 aliphatic carbocycles. The van der Waals surface area contributed by atoms with E-state index < -0.39 is 11.4 Å². The first-order valence-electron chi connectivity index (χ1n) is 11.0. The van der Waals surface area contributed by atoms with E-state index in [2.05, 4.69) is 25.7 Å². The van der Waals surface area contributed by atoms with Crippen molar-refractivity contribution in [2.24, 2.45) is 0 Å². The minimum absolute atomic E-state index is 0.153. The predicted octanol–water partition coefficient (Wildman–Crippen LogP) is 4.12. The number of hydrogen-bond acceptors (Lipinski definition) is 7. The van der Waals surface area contributed by atoms with Gasteiger partial charge < -0.3 is 25.6 Å². The fourth-order valence-electron chi connectivity index (χ4n) is 3.10. The lowest BCUT2D eigenvalue weighted by molar-refractivity contribution is -0.114. The smallest absolute Gasteiger partial charge is 0.221 e. The molecular formula is C24H29N5O3S3. The summed E-state index contributed by atoms with van der Waals surface area (Å²) in [5.41, 5.74) is 3.10. The first-order chi connectivity index (χ1) is 16.7. The van der Waals surface area contributed by atoms with Gasteiger partial charge in [0.15, 0.2) is 10.0 Å². The van der Waals surface area contributed by atoms with Crippen molar-refractivity contribution in [1.82, 2.24) is 15.0 Å². The van der Waals surface area contributed by atoms with Gasteiger partial charge in [0.1, 0.15) is 5.01 Å². The lowest BCUT2D eigenvalue weighted by Gasteiger charge is -2.17. The van der Waals surface area contributed by atoms with Gasteiger partial charge in [-0.1, -0.05) is 0 Å². The van der Waals surface area contributed by atoms with Crippen LogP contribution in [0.4, 0.5) is 11.4 Å². The van der Waals surface area contributed by atoms with Crippen LogP contribution >= 0.6 is 23.6 Å². The van der Waals surface area contributed by atoms with E-state index in [4.69, 9.17) is 12.2 Å². The van der Waals surface area contributed by atoms with Crippen LogP contribution in [0, 0.1) is 0 Å². The van der Waals surface area contributed by atoms with E-state index in [0.717, 1.165) is 26.7 Å². The van der Waals surface area contributed by atoms with Crippen molar-refractivity contribution in [2.45, 2.75) is 44.7 Å². The Bertz CT molecular complexity index is 1170. The molecule has 0 saturated carbocycles. The highest BCUT2D eigenvalue weighted by molar-refractivity contribution is 7.89. The van der Waals surface area contributed by atoms with Crippen molar-refractivity contribution in [3.8, 4) is 21.0 Å². The van der Waals surface area contributed by atoms with E-state index in [0.29, 0.717) is 15.7 Å². The molecule has 1 aromatic heterocycles. The molecule has 0 radical (unpaired) electrons. The maximum Gasteiger partial charge on any atom is 0.221 e. The Morgan fingerprint density at radius 3 is 2.46 bits per heavy atom. The summed E-state index contributed by atoms with van der Waals surface area (Å²) in [7, 11) is 0. The topological polar surface area (TPSA) is 121 Å². The summed E-state index contributed by atoms with van der Waals surface area (Å²) in [4.78, 5) is 17.4. The Morgan fingerprint density at radius 1 is 1.14 bits per heavy atom. The number of thiocarbonyl (C=S) groups is 1. The van der Waals surface area contributed by atoms with Crippen LogP contribution in [-0.2, 0) is 16.2 Å². The molecule has 0 saturated heterocycles. The van der Waals surface area contributed by atoms with E-state index in [1.807, 2.05) is 44.2 Å². The highest BCUT2D eigenvalue weighted by Gasteiger charge is 2.23. The first kappa shape index (κ1) is 27.1. The zero-order valence-corrected chi connectivity index (χ0v) is 22.4. The average molecular weight is 532 g/mol. The molecule has 0 aliphatic rings. The van der Waals surface area contributed by atoms with E-state index >= 15 is 0 Å². The molecule has 0 fully saturated rings. The Hall–Kier alpha value is -2.54. The predicted molar refractivity (Wildman–Crippen MR) is 148 cm³/mol. The van der Waals surface area contributed by atoms with E-state index in [1.165, 1.54) is 18.3 Å². The summed E-state index contributed by atoms with van der Waals surface area (Å²) in [6.45, 7) is 7.05. The molecular weight excluding hydrogens is 502 g/mol. The summed E-state index contributed by atoms with van der Waals surface area (Å²) in [5.74, 6) is -0.218. The zero-order chi connectivity index (χ0) is 25.5. The van der Waals surface area contributed by atoms with Crippen molar-refractivity contribution in [2.75, 3.05) is 17.2 Å². The van der Waals surface area contributed by atoms with Gasteiger partial charge in [0.25, 0.3) is 0 Å². The summed E-state index contributed by atoms with van der Waals surface area (Å²) < 4.78 is 15.9. The molecule has 0 bridgehead atoms. The van der Waals surface area contributed by atoms with Gasteiger partial charge in [-0.3, -0.25) is 4.79 Å². The summed E-state index contributed by atoms with van der Waals surface area (Å²) in [6.07, 6.45) is 1.75. The number of benzene rings is 2. The van der Waals surface area contributed by atoms with Gasteiger partial charge in [-0.15, -0.1) is 16.1 Å². The van der Waals surface area contributed by atoms with Gasteiger partial charge in [-0.25, -0.2) is 4.98 Å². The van der Waals surface area contributed by atoms with Crippen molar-refractivity contribution in [3.63, 3.8) is 0 Å². The quantitative estimate of drug-likeness (QED) is 0.207. The van der Waals surface area contributed by atoms with Crippen LogP contribution < -0.4 is 20.7 Å². The van der Waals surface area contributed by atoms with Crippen molar-refractivity contribution in [3.05, 3.63) is 48.7 Å². The van der Waals surface area contributed by atoms with Crippen LogP contribution in [0.15, 0.2) is 53.6 Å². The molecule has 11 heteroatoms. The summed E-state index contributed by atoms with van der Waals surface area (Å²) in [5, 5.41) is 19.8. The van der Waals surface area contributed by atoms with Crippen LogP contribution in [0.1, 0.15) is 27.7 Å². The minimum atomic E-state index is -1.61. The second-order valence-electron chi connectivity index (χ2n) is 8.22. The van der Waals surface area contributed by atoms with Gasteiger partial charge in [-0.05, 0) is 69.4 Å². The number of aromatic nitrogens is 1. The zero-order valence-electron chi connectivity index (χ0n) is 19.9. The molecule has 3 aromatic rings. The molecule has 35 heavy (non-hydrogen) atoms. The number of aliphatic hydroxyl groups is 1. The molecule has 3 rings (SSSR count). The molecule has 2 aromatic carbocycles. The van der Waals surface area contributed by atoms with Gasteiger partial charge in [0.05, 0.1) is 34.5 Å². The van der Waals surface area contributed by atoms with Gasteiger partial charge in [0.2, 0.25) is 5.91 Å².